The molecule has 0 atom stereocenters. The summed E-state index contributed by atoms with van der Waals surface area (Å²) in [6, 6.07) is 14.3. The van der Waals surface area contributed by atoms with Gasteiger partial charge in [0.25, 0.3) is 0 Å². The minimum atomic E-state index is -0.972. The molecule has 0 amide bonds. The van der Waals surface area contributed by atoms with Gasteiger partial charge in [0.1, 0.15) is 17.3 Å². The van der Waals surface area contributed by atoms with Gasteiger partial charge in [-0.3, -0.25) is 0 Å². The number of anilines is 1. The SMILES string of the molecule is Cc1ccc(NCc2ccc(-c3ccccc3C(=O)O)o2)nc1. The van der Waals surface area contributed by atoms with Crippen molar-refractivity contribution in [2.75, 3.05) is 5.32 Å². The number of rotatable bonds is 5. The van der Waals surface area contributed by atoms with E-state index in [0.717, 1.165) is 11.4 Å². The highest BCUT2D eigenvalue weighted by Gasteiger charge is 2.13. The second kappa shape index (κ2) is 6.36. The first-order valence-electron chi connectivity index (χ1n) is 7.21. The van der Waals surface area contributed by atoms with E-state index in [-0.39, 0.29) is 5.56 Å². The number of benzene rings is 1. The Balaban J connectivity index is 1.76. The maximum absolute atomic E-state index is 11.3. The van der Waals surface area contributed by atoms with Crippen LogP contribution in [-0.4, -0.2) is 16.1 Å². The Morgan fingerprint density at radius 3 is 2.74 bits per heavy atom. The molecule has 0 fully saturated rings. The quantitative estimate of drug-likeness (QED) is 0.746. The van der Waals surface area contributed by atoms with Gasteiger partial charge in [-0.25, -0.2) is 9.78 Å². The summed E-state index contributed by atoms with van der Waals surface area (Å²) in [6.07, 6.45) is 1.79. The minimum Gasteiger partial charge on any atom is -0.478 e. The first-order valence-corrected chi connectivity index (χ1v) is 7.21. The fourth-order valence-electron chi connectivity index (χ4n) is 2.25. The Bertz CT molecular complexity index is 822. The molecule has 23 heavy (non-hydrogen) atoms. The average Bonchev–Trinajstić information content (AvgIpc) is 3.03. The van der Waals surface area contributed by atoms with E-state index < -0.39 is 5.97 Å². The molecule has 0 radical (unpaired) electrons. The maximum Gasteiger partial charge on any atom is 0.336 e. The Kier molecular flexibility index (Phi) is 4.10. The van der Waals surface area contributed by atoms with Crippen LogP contribution in [0.5, 0.6) is 0 Å². The van der Waals surface area contributed by atoms with Crippen molar-refractivity contribution in [1.29, 1.82) is 0 Å². The zero-order chi connectivity index (χ0) is 16.2. The topological polar surface area (TPSA) is 75.4 Å². The van der Waals surface area contributed by atoms with Crippen LogP contribution in [-0.2, 0) is 6.54 Å². The predicted octanol–water partition coefficient (Wildman–Crippen LogP) is 3.96. The van der Waals surface area contributed by atoms with Crippen LogP contribution in [0.15, 0.2) is 59.1 Å². The molecule has 5 nitrogen and oxygen atoms in total. The fraction of sp³-hybridized carbons (Fsp3) is 0.111. The predicted molar refractivity (Wildman–Crippen MR) is 87.4 cm³/mol. The van der Waals surface area contributed by atoms with E-state index in [4.69, 9.17) is 4.42 Å². The van der Waals surface area contributed by atoms with Gasteiger partial charge in [0.05, 0.1) is 12.1 Å². The molecular formula is C18H16N2O3. The van der Waals surface area contributed by atoms with Crippen LogP contribution < -0.4 is 5.32 Å². The van der Waals surface area contributed by atoms with Gasteiger partial charge in [-0.15, -0.1) is 0 Å². The van der Waals surface area contributed by atoms with Crippen LogP contribution in [0.25, 0.3) is 11.3 Å². The van der Waals surface area contributed by atoms with Crippen molar-refractivity contribution in [1.82, 2.24) is 4.98 Å². The number of hydrogen-bond donors (Lipinski definition) is 2. The van der Waals surface area contributed by atoms with E-state index in [0.29, 0.717) is 23.6 Å². The molecule has 0 aliphatic heterocycles. The smallest absolute Gasteiger partial charge is 0.336 e. The van der Waals surface area contributed by atoms with Crippen molar-refractivity contribution in [2.24, 2.45) is 0 Å². The Labute approximate surface area is 133 Å². The average molecular weight is 308 g/mol. The first-order chi connectivity index (χ1) is 11.1. The zero-order valence-electron chi connectivity index (χ0n) is 12.6. The summed E-state index contributed by atoms with van der Waals surface area (Å²) < 4.78 is 5.75. The van der Waals surface area contributed by atoms with Crippen LogP contribution in [0.2, 0.25) is 0 Å². The molecule has 0 spiro atoms. The van der Waals surface area contributed by atoms with Crippen molar-refractivity contribution in [3.63, 3.8) is 0 Å². The lowest BCUT2D eigenvalue weighted by Gasteiger charge is -2.04. The first kappa shape index (κ1) is 14.8. The summed E-state index contributed by atoms with van der Waals surface area (Å²) in [5, 5.41) is 12.4. The van der Waals surface area contributed by atoms with Crippen molar-refractivity contribution >= 4 is 11.8 Å². The molecule has 0 aliphatic rings. The molecule has 2 aromatic heterocycles. The Morgan fingerprint density at radius 1 is 1.17 bits per heavy atom. The molecule has 2 heterocycles. The minimum absolute atomic E-state index is 0.224. The van der Waals surface area contributed by atoms with Crippen molar-refractivity contribution < 1.29 is 14.3 Å². The fourth-order valence-corrected chi connectivity index (χ4v) is 2.25. The number of aromatic carboxylic acids is 1. The molecular weight excluding hydrogens is 292 g/mol. The summed E-state index contributed by atoms with van der Waals surface area (Å²) >= 11 is 0. The van der Waals surface area contributed by atoms with Gasteiger partial charge in [0, 0.05) is 11.8 Å². The maximum atomic E-state index is 11.3. The van der Waals surface area contributed by atoms with Crippen LogP contribution >= 0.6 is 0 Å². The molecule has 0 saturated heterocycles. The van der Waals surface area contributed by atoms with Gasteiger partial charge in [-0.05, 0) is 36.8 Å². The molecule has 0 saturated carbocycles. The third-order valence-corrected chi connectivity index (χ3v) is 3.44. The number of carboxylic acids is 1. The molecule has 0 aliphatic carbocycles. The summed E-state index contributed by atoms with van der Waals surface area (Å²) in [5.41, 5.74) is 1.89. The number of pyridine rings is 1. The van der Waals surface area contributed by atoms with Crippen molar-refractivity contribution in [2.45, 2.75) is 13.5 Å². The van der Waals surface area contributed by atoms with Crippen LogP contribution in [0.3, 0.4) is 0 Å². The lowest BCUT2D eigenvalue weighted by molar-refractivity contribution is 0.0697. The van der Waals surface area contributed by atoms with E-state index >= 15 is 0 Å². The van der Waals surface area contributed by atoms with Crippen molar-refractivity contribution in [3.05, 3.63) is 71.6 Å². The molecule has 0 unspecified atom stereocenters. The number of nitrogens with zero attached hydrogens (tertiary/aromatic N) is 1. The number of aromatic nitrogens is 1. The number of aryl methyl sites for hydroxylation is 1. The molecule has 3 rings (SSSR count). The Hall–Kier alpha value is -3.08. The molecule has 3 aromatic rings. The summed E-state index contributed by atoms with van der Waals surface area (Å²) in [4.78, 5) is 15.5. The molecule has 2 N–H and O–H groups in total. The number of furan rings is 1. The van der Waals surface area contributed by atoms with Gasteiger partial charge >= 0.3 is 5.97 Å². The monoisotopic (exact) mass is 308 g/mol. The third-order valence-electron chi connectivity index (χ3n) is 3.44. The molecule has 116 valence electrons. The van der Waals surface area contributed by atoms with Gasteiger partial charge in [-0.2, -0.15) is 0 Å². The second-order valence-electron chi connectivity index (χ2n) is 5.19. The molecule has 0 bridgehead atoms. The lowest BCUT2D eigenvalue weighted by Crippen LogP contribution is -2.00. The van der Waals surface area contributed by atoms with E-state index in [1.807, 2.05) is 25.1 Å². The molecule has 1 aromatic carbocycles. The normalized spacial score (nSPS) is 10.5. The van der Waals surface area contributed by atoms with E-state index in [1.54, 1.807) is 36.5 Å². The van der Waals surface area contributed by atoms with Crippen LogP contribution in [0.1, 0.15) is 21.7 Å². The highest BCUT2D eigenvalue weighted by molar-refractivity contribution is 5.95. The van der Waals surface area contributed by atoms with Crippen molar-refractivity contribution in [3.8, 4) is 11.3 Å². The van der Waals surface area contributed by atoms with Crippen LogP contribution in [0, 0.1) is 6.92 Å². The number of hydrogen-bond acceptors (Lipinski definition) is 4. The van der Waals surface area contributed by atoms with E-state index in [9.17, 15) is 9.90 Å². The van der Waals surface area contributed by atoms with E-state index in [1.165, 1.54) is 0 Å². The zero-order valence-corrected chi connectivity index (χ0v) is 12.6. The standard InChI is InChI=1S/C18H16N2O3/c1-12-6-9-17(19-10-12)20-11-13-7-8-16(23-13)14-4-2-3-5-15(14)18(21)22/h2-10H,11H2,1H3,(H,19,20)(H,21,22). The highest BCUT2D eigenvalue weighted by atomic mass is 16.4. The highest BCUT2D eigenvalue weighted by Crippen LogP contribution is 2.26. The Morgan fingerprint density at radius 2 is 2.00 bits per heavy atom. The lowest BCUT2D eigenvalue weighted by atomic mass is 10.1. The summed E-state index contributed by atoms with van der Waals surface area (Å²) in [7, 11) is 0. The van der Waals surface area contributed by atoms with Gasteiger partial charge < -0.3 is 14.8 Å². The number of nitrogens with one attached hydrogen (secondary N) is 1. The number of carbonyl (C=O) groups is 1. The summed E-state index contributed by atoms with van der Waals surface area (Å²) in [5.74, 6) is 1.04. The number of carboxylic acid groups (broad SMARTS) is 1. The largest absolute Gasteiger partial charge is 0.478 e. The van der Waals surface area contributed by atoms with Gasteiger partial charge in [0.15, 0.2) is 0 Å². The van der Waals surface area contributed by atoms with Gasteiger partial charge in [-0.1, -0.05) is 24.3 Å². The third kappa shape index (κ3) is 3.40. The summed E-state index contributed by atoms with van der Waals surface area (Å²) in [6.45, 7) is 2.46. The van der Waals surface area contributed by atoms with Gasteiger partial charge in [0.2, 0.25) is 0 Å². The second-order valence-corrected chi connectivity index (χ2v) is 5.19. The van der Waals surface area contributed by atoms with Crippen LogP contribution in [0.4, 0.5) is 5.82 Å². The molecule has 5 heteroatoms. The van der Waals surface area contributed by atoms with E-state index in [2.05, 4.69) is 10.3 Å².